The highest BCUT2D eigenvalue weighted by atomic mass is 35.5. The monoisotopic (exact) mass is 229 g/mol. The number of rotatable bonds is 1. The average Bonchev–Trinajstić information content (AvgIpc) is 2.30. The first-order valence-electron chi connectivity index (χ1n) is 4.70. The summed E-state index contributed by atoms with van der Waals surface area (Å²) < 4.78 is 0. The number of hydrogen-bond acceptors (Lipinski definition) is 2. The lowest BCUT2D eigenvalue weighted by molar-refractivity contribution is 0.477. The molecule has 0 heterocycles. The first kappa shape index (κ1) is 10.5. The summed E-state index contributed by atoms with van der Waals surface area (Å²) in [6, 6.07) is 13.9. The SMILES string of the molecule is N#Cc1ccc(O)c(-c2cccc(Cl)c2)c1. The number of halogens is 1. The molecule has 2 nitrogen and oxygen atoms in total. The van der Waals surface area contributed by atoms with E-state index >= 15 is 0 Å². The van der Waals surface area contributed by atoms with Crippen molar-refractivity contribution >= 4 is 11.6 Å². The number of phenols is 1. The van der Waals surface area contributed by atoms with Crippen molar-refractivity contribution in [2.24, 2.45) is 0 Å². The van der Waals surface area contributed by atoms with Crippen molar-refractivity contribution in [1.29, 1.82) is 5.26 Å². The highest BCUT2D eigenvalue weighted by molar-refractivity contribution is 6.30. The molecule has 3 heteroatoms. The number of hydrogen-bond donors (Lipinski definition) is 1. The summed E-state index contributed by atoms with van der Waals surface area (Å²) in [6.07, 6.45) is 0. The summed E-state index contributed by atoms with van der Waals surface area (Å²) in [5.41, 5.74) is 1.91. The Morgan fingerprint density at radius 1 is 1.12 bits per heavy atom. The van der Waals surface area contributed by atoms with Gasteiger partial charge in [-0.2, -0.15) is 5.26 Å². The minimum absolute atomic E-state index is 0.140. The van der Waals surface area contributed by atoms with Gasteiger partial charge in [-0.15, -0.1) is 0 Å². The number of aromatic hydroxyl groups is 1. The molecule has 0 unspecified atom stereocenters. The highest BCUT2D eigenvalue weighted by Crippen LogP contribution is 2.31. The predicted octanol–water partition coefficient (Wildman–Crippen LogP) is 3.58. The summed E-state index contributed by atoms with van der Waals surface area (Å²) in [7, 11) is 0. The van der Waals surface area contributed by atoms with Crippen LogP contribution in [0.1, 0.15) is 5.56 Å². The highest BCUT2D eigenvalue weighted by Gasteiger charge is 2.05. The number of nitriles is 1. The van der Waals surface area contributed by atoms with E-state index in [0.29, 0.717) is 16.1 Å². The normalized spacial score (nSPS) is 9.75. The summed E-state index contributed by atoms with van der Waals surface area (Å²) in [4.78, 5) is 0. The van der Waals surface area contributed by atoms with Gasteiger partial charge in [0.2, 0.25) is 0 Å². The summed E-state index contributed by atoms with van der Waals surface area (Å²) in [5.74, 6) is 0.140. The van der Waals surface area contributed by atoms with Crippen molar-refractivity contribution in [3.63, 3.8) is 0 Å². The molecule has 0 aromatic heterocycles. The molecule has 2 aromatic carbocycles. The van der Waals surface area contributed by atoms with Crippen molar-refractivity contribution in [2.45, 2.75) is 0 Å². The zero-order valence-corrected chi connectivity index (χ0v) is 9.07. The third-order valence-corrected chi connectivity index (χ3v) is 2.50. The number of phenolic OH excluding ortho intramolecular Hbond substituents is 1. The fraction of sp³-hybridized carbons (Fsp3) is 0. The van der Waals surface area contributed by atoms with E-state index in [4.69, 9.17) is 16.9 Å². The zero-order chi connectivity index (χ0) is 11.5. The Morgan fingerprint density at radius 2 is 1.94 bits per heavy atom. The van der Waals surface area contributed by atoms with Crippen LogP contribution in [0.2, 0.25) is 5.02 Å². The Morgan fingerprint density at radius 3 is 2.62 bits per heavy atom. The van der Waals surface area contributed by atoms with Crippen LogP contribution in [0.4, 0.5) is 0 Å². The van der Waals surface area contributed by atoms with Gasteiger partial charge >= 0.3 is 0 Å². The van der Waals surface area contributed by atoms with Gasteiger partial charge in [0.1, 0.15) is 5.75 Å². The maximum Gasteiger partial charge on any atom is 0.123 e. The zero-order valence-electron chi connectivity index (χ0n) is 8.31. The lowest BCUT2D eigenvalue weighted by Crippen LogP contribution is -1.81. The lowest BCUT2D eigenvalue weighted by atomic mass is 10.0. The quantitative estimate of drug-likeness (QED) is 0.812. The molecule has 0 radical (unpaired) electrons. The van der Waals surface area contributed by atoms with Crippen molar-refractivity contribution < 1.29 is 5.11 Å². The maximum absolute atomic E-state index is 9.72. The molecule has 0 amide bonds. The molecule has 0 aliphatic heterocycles. The Kier molecular flexibility index (Phi) is 2.80. The van der Waals surface area contributed by atoms with Gasteiger partial charge in [-0.25, -0.2) is 0 Å². The van der Waals surface area contributed by atoms with Gasteiger partial charge in [-0.1, -0.05) is 23.7 Å². The van der Waals surface area contributed by atoms with E-state index in [1.807, 2.05) is 12.1 Å². The standard InChI is InChI=1S/C13H8ClNO/c14-11-3-1-2-10(7-11)12-6-9(8-15)4-5-13(12)16/h1-7,16H. The molecule has 16 heavy (non-hydrogen) atoms. The minimum atomic E-state index is 0.140. The third-order valence-electron chi connectivity index (χ3n) is 2.26. The van der Waals surface area contributed by atoms with Crippen molar-refractivity contribution in [3.8, 4) is 22.9 Å². The molecule has 0 saturated carbocycles. The molecule has 0 atom stereocenters. The fourth-order valence-electron chi connectivity index (χ4n) is 1.49. The van der Waals surface area contributed by atoms with Gasteiger partial charge in [-0.05, 0) is 35.9 Å². The van der Waals surface area contributed by atoms with Crippen molar-refractivity contribution in [1.82, 2.24) is 0 Å². The second-order valence-corrected chi connectivity index (χ2v) is 3.79. The Hall–Kier alpha value is -1.98. The number of benzene rings is 2. The topological polar surface area (TPSA) is 44.0 Å². The van der Waals surface area contributed by atoms with E-state index in [2.05, 4.69) is 0 Å². The average molecular weight is 230 g/mol. The van der Waals surface area contributed by atoms with Crippen LogP contribution < -0.4 is 0 Å². The van der Waals surface area contributed by atoms with Crippen molar-refractivity contribution in [3.05, 3.63) is 53.1 Å². The second kappa shape index (κ2) is 4.26. The lowest BCUT2D eigenvalue weighted by Gasteiger charge is -2.05. The first-order chi connectivity index (χ1) is 7.70. The fourth-order valence-corrected chi connectivity index (χ4v) is 1.68. The van der Waals surface area contributed by atoms with Crippen LogP contribution >= 0.6 is 11.6 Å². The molecule has 0 aliphatic carbocycles. The minimum Gasteiger partial charge on any atom is -0.507 e. The van der Waals surface area contributed by atoms with Gasteiger partial charge in [-0.3, -0.25) is 0 Å². The van der Waals surface area contributed by atoms with Gasteiger partial charge < -0.3 is 5.11 Å². The Bertz CT molecular complexity index is 572. The van der Waals surface area contributed by atoms with Crippen LogP contribution in [-0.4, -0.2) is 5.11 Å². The summed E-state index contributed by atoms with van der Waals surface area (Å²) in [6.45, 7) is 0. The van der Waals surface area contributed by atoms with Crippen LogP contribution in [0.15, 0.2) is 42.5 Å². The molecule has 0 saturated heterocycles. The molecular formula is C13H8ClNO. The predicted molar refractivity (Wildman–Crippen MR) is 63.3 cm³/mol. The smallest absolute Gasteiger partial charge is 0.123 e. The largest absolute Gasteiger partial charge is 0.507 e. The van der Waals surface area contributed by atoms with E-state index in [1.54, 1.807) is 30.3 Å². The van der Waals surface area contributed by atoms with Crippen LogP contribution in [0.25, 0.3) is 11.1 Å². The second-order valence-electron chi connectivity index (χ2n) is 3.35. The number of nitrogens with zero attached hydrogens (tertiary/aromatic N) is 1. The Balaban J connectivity index is 2.60. The molecule has 1 N–H and O–H groups in total. The van der Waals surface area contributed by atoms with Crippen LogP contribution in [0.5, 0.6) is 5.75 Å². The molecule has 0 aliphatic rings. The molecule has 2 rings (SSSR count). The van der Waals surface area contributed by atoms with E-state index in [1.165, 1.54) is 6.07 Å². The van der Waals surface area contributed by atoms with Gasteiger partial charge in [0, 0.05) is 10.6 Å². The first-order valence-corrected chi connectivity index (χ1v) is 5.07. The van der Waals surface area contributed by atoms with Gasteiger partial charge in [0.15, 0.2) is 0 Å². The Labute approximate surface area is 98.3 Å². The summed E-state index contributed by atoms with van der Waals surface area (Å²) >= 11 is 5.87. The molecule has 0 spiro atoms. The van der Waals surface area contributed by atoms with Crippen LogP contribution in [0.3, 0.4) is 0 Å². The van der Waals surface area contributed by atoms with E-state index in [0.717, 1.165) is 5.56 Å². The molecule has 0 bridgehead atoms. The van der Waals surface area contributed by atoms with Crippen molar-refractivity contribution in [2.75, 3.05) is 0 Å². The third kappa shape index (κ3) is 2.00. The van der Waals surface area contributed by atoms with Crippen LogP contribution in [0, 0.1) is 11.3 Å². The molecule has 78 valence electrons. The molecule has 2 aromatic rings. The molecule has 0 fully saturated rings. The van der Waals surface area contributed by atoms with Crippen LogP contribution in [-0.2, 0) is 0 Å². The molecular weight excluding hydrogens is 222 g/mol. The van der Waals surface area contributed by atoms with Gasteiger partial charge in [0.05, 0.1) is 11.6 Å². The van der Waals surface area contributed by atoms with Gasteiger partial charge in [0.25, 0.3) is 0 Å². The van der Waals surface area contributed by atoms with E-state index in [-0.39, 0.29) is 5.75 Å². The van der Waals surface area contributed by atoms with E-state index in [9.17, 15) is 5.11 Å². The maximum atomic E-state index is 9.72. The van der Waals surface area contributed by atoms with E-state index < -0.39 is 0 Å². The summed E-state index contributed by atoms with van der Waals surface area (Å²) in [5, 5.41) is 19.1.